The van der Waals surface area contributed by atoms with Crippen LogP contribution in [-0.2, 0) is 21.2 Å². The van der Waals surface area contributed by atoms with Crippen molar-refractivity contribution in [2.45, 2.75) is 27.2 Å². The van der Waals surface area contributed by atoms with Crippen LogP contribution in [-0.4, -0.2) is 40.3 Å². The summed E-state index contributed by atoms with van der Waals surface area (Å²) in [6.07, 6.45) is 1.78. The normalized spacial score (nSPS) is 11.1. The number of amides is 1. The Morgan fingerprint density at radius 2 is 1.82 bits per heavy atom. The van der Waals surface area contributed by atoms with Gasteiger partial charge in [-0.3, -0.25) is 9.10 Å². The minimum Gasteiger partial charge on any atom is -0.491 e. The van der Waals surface area contributed by atoms with Gasteiger partial charge in [-0.25, -0.2) is 8.42 Å². The highest BCUT2D eigenvalue weighted by atomic mass is 32.2. The minimum absolute atomic E-state index is 0.265. The van der Waals surface area contributed by atoms with E-state index in [2.05, 4.69) is 5.32 Å². The van der Waals surface area contributed by atoms with Crippen molar-refractivity contribution in [1.29, 1.82) is 0 Å². The summed E-state index contributed by atoms with van der Waals surface area (Å²) in [5.41, 5.74) is 3.61. The van der Waals surface area contributed by atoms with Gasteiger partial charge in [0.1, 0.15) is 18.9 Å². The van der Waals surface area contributed by atoms with Crippen LogP contribution in [0.3, 0.4) is 0 Å². The lowest BCUT2D eigenvalue weighted by Gasteiger charge is -2.24. The lowest BCUT2D eigenvalue weighted by atomic mass is 10.1. The van der Waals surface area contributed by atoms with Gasteiger partial charge in [0.05, 0.1) is 18.5 Å². The molecule has 0 atom stereocenters. The van der Waals surface area contributed by atoms with E-state index in [1.165, 1.54) is 0 Å². The molecule has 0 bridgehead atoms. The number of benzene rings is 2. The predicted molar refractivity (Wildman–Crippen MR) is 112 cm³/mol. The zero-order chi connectivity index (χ0) is 20.7. The zero-order valence-corrected chi connectivity index (χ0v) is 17.7. The number of para-hydroxylation sites is 1. The number of hydrogen-bond donors (Lipinski definition) is 1. The standard InChI is InChI=1S/C21H28N2O4S/c1-5-18-10-6-7-11-19(18)23(28(4,25)26)15-21(24)22-13-14-27-20-12-8-9-16(2)17(20)3/h6-12H,5,13-15H2,1-4H3,(H,22,24). The Morgan fingerprint density at radius 3 is 2.50 bits per heavy atom. The summed E-state index contributed by atoms with van der Waals surface area (Å²) < 4.78 is 31.3. The van der Waals surface area contributed by atoms with Crippen LogP contribution in [0.4, 0.5) is 5.69 Å². The van der Waals surface area contributed by atoms with Crippen LogP contribution in [0.5, 0.6) is 5.75 Å². The predicted octanol–water partition coefficient (Wildman–Crippen LogP) is 2.83. The summed E-state index contributed by atoms with van der Waals surface area (Å²) in [7, 11) is -3.59. The van der Waals surface area contributed by atoms with Gasteiger partial charge in [0.25, 0.3) is 0 Å². The van der Waals surface area contributed by atoms with E-state index in [1.807, 2.05) is 51.1 Å². The van der Waals surface area contributed by atoms with Crippen LogP contribution in [0.15, 0.2) is 42.5 Å². The first-order valence-electron chi connectivity index (χ1n) is 9.25. The van der Waals surface area contributed by atoms with E-state index in [0.29, 0.717) is 25.3 Å². The first kappa shape index (κ1) is 21.8. The molecule has 1 amide bonds. The molecule has 0 aliphatic carbocycles. The highest BCUT2D eigenvalue weighted by Crippen LogP contribution is 2.23. The fourth-order valence-electron chi connectivity index (χ4n) is 2.85. The number of aryl methyl sites for hydroxylation is 2. The van der Waals surface area contributed by atoms with Gasteiger partial charge in [0.2, 0.25) is 15.9 Å². The van der Waals surface area contributed by atoms with Crippen LogP contribution in [0.25, 0.3) is 0 Å². The Bertz CT molecular complexity index is 926. The number of nitrogens with zero attached hydrogens (tertiary/aromatic N) is 1. The van der Waals surface area contributed by atoms with E-state index >= 15 is 0 Å². The summed E-state index contributed by atoms with van der Waals surface area (Å²) >= 11 is 0. The molecule has 0 aromatic heterocycles. The quantitative estimate of drug-likeness (QED) is 0.652. The van der Waals surface area contributed by atoms with Gasteiger partial charge in [0.15, 0.2) is 0 Å². The molecular formula is C21H28N2O4S. The summed E-state index contributed by atoms with van der Waals surface area (Å²) in [5, 5.41) is 2.73. The smallest absolute Gasteiger partial charge is 0.240 e. The number of hydrogen-bond acceptors (Lipinski definition) is 4. The van der Waals surface area contributed by atoms with Crippen molar-refractivity contribution >= 4 is 21.6 Å². The summed E-state index contributed by atoms with van der Waals surface area (Å²) in [5.74, 6) is 0.407. The molecule has 0 radical (unpaired) electrons. The molecule has 2 aromatic rings. The molecule has 2 rings (SSSR count). The van der Waals surface area contributed by atoms with Crippen molar-refractivity contribution in [3.05, 3.63) is 59.2 Å². The highest BCUT2D eigenvalue weighted by Gasteiger charge is 2.22. The van der Waals surface area contributed by atoms with Crippen molar-refractivity contribution in [2.24, 2.45) is 0 Å². The lowest BCUT2D eigenvalue weighted by molar-refractivity contribution is -0.119. The maximum atomic E-state index is 12.3. The molecule has 0 fully saturated rings. The van der Waals surface area contributed by atoms with Crippen molar-refractivity contribution < 1.29 is 17.9 Å². The average Bonchev–Trinajstić information content (AvgIpc) is 2.65. The number of carbonyl (C=O) groups is 1. The van der Waals surface area contributed by atoms with Gasteiger partial charge in [-0.15, -0.1) is 0 Å². The topological polar surface area (TPSA) is 75.7 Å². The SMILES string of the molecule is CCc1ccccc1N(CC(=O)NCCOc1cccc(C)c1C)S(C)(=O)=O. The van der Waals surface area contributed by atoms with E-state index in [1.54, 1.807) is 12.1 Å². The molecule has 0 saturated heterocycles. The molecule has 2 aromatic carbocycles. The molecule has 0 aliphatic rings. The Morgan fingerprint density at radius 1 is 1.11 bits per heavy atom. The monoisotopic (exact) mass is 404 g/mol. The second-order valence-corrected chi connectivity index (χ2v) is 8.56. The lowest BCUT2D eigenvalue weighted by Crippen LogP contribution is -2.41. The molecule has 28 heavy (non-hydrogen) atoms. The second-order valence-electron chi connectivity index (χ2n) is 6.65. The fraction of sp³-hybridized carbons (Fsp3) is 0.381. The Labute approximate surface area is 167 Å². The number of nitrogens with one attached hydrogen (secondary N) is 1. The fourth-order valence-corrected chi connectivity index (χ4v) is 3.74. The third kappa shape index (κ3) is 5.73. The van der Waals surface area contributed by atoms with Crippen LogP contribution in [0, 0.1) is 13.8 Å². The van der Waals surface area contributed by atoms with E-state index < -0.39 is 10.0 Å². The maximum absolute atomic E-state index is 12.3. The number of ether oxygens (including phenoxy) is 1. The third-order valence-electron chi connectivity index (χ3n) is 4.57. The highest BCUT2D eigenvalue weighted by molar-refractivity contribution is 7.92. The molecule has 1 N–H and O–H groups in total. The van der Waals surface area contributed by atoms with Crippen LogP contribution >= 0.6 is 0 Å². The molecule has 0 unspecified atom stereocenters. The maximum Gasteiger partial charge on any atom is 0.240 e. The van der Waals surface area contributed by atoms with E-state index in [4.69, 9.17) is 4.74 Å². The Balaban J connectivity index is 1.96. The number of anilines is 1. The molecule has 0 saturated carbocycles. The molecular weight excluding hydrogens is 376 g/mol. The van der Waals surface area contributed by atoms with Crippen molar-refractivity contribution in [2.75, 3.05) is 30.3 Å². The van der Waals surface area contributed by atoms with E-state index in [0.717, 1.165) is 33.0 Å². The van der Waals surface area contributed by atoms with Crippen molar-refractivity contribution in [3.63, 3.8) is 0 Å². The second kappa shape index (κ2) is 9.59. The van der Waals surface area contributed by atoms with Gasteiger partial charge in [-0.1, -0.05) is 37.3 Å². The van der Waals surface area contributed by atoms with Crippen LogP contribution in [0.1, 0.15) is 23.6 Å². The summed E-state index contributed by atoms with van der Waals surface area (Å²) in [6, 6.07) is 13.0. The van der Waals surface area contributed by atoms with Gasteiger partial charge in [-0.05, 0) is 49.1 Å². The van der Waals surface area contributed by atoms with Crippen molar-refractivity contribution in [3.8, 4) is 5.75 Å². The van der Waals surface area contributed by atoms with Crippen LogP contribution in [0.2, 0.25) is 0 Å². The van der Waals surface area contributed by atoms with Gasteiger partial charge in [-0.2, -0.15) is 0 Å². The molecule has 0 aliphatic heterocycles. The van der Waals surface area contributed by atoms with Gasteiger partial charge >= 0.3 is 0 Å². The average molecular weight is 405 g/mol. The third-order valence-corrected chi connectivity index (χ3v) is 5.69. The summed E-state index contributed by atoms with van der Waals surface area (Å²) in [4.78, 5) is 12.3. The molecule has 0 spiro atoms. The summed E-state index contributed by atoms with van der Waals surface area (Å²) in [6.45, 7) is 6.28. The molecule has 152 valence electrons. The number of rotatable bonds is 9. The van der Waals surface area contributed by atoms with Crippen LogP contribution < -0.4 is 14.4 Å². The van der Waals surface area contributed by atoms with Crippen molar-refractivity contribution in [1.82, 2.24) is 5.32 Å². The first-order chi connectivity index (χ1) is 13.2. The number of sulfonamides is 1. The zero-order valence-electron chi connectivity index (χ0n) is 16.9. The molecule has 0 heterocycles. The molecule has 6 nitrogen and oxygen atoms in total. The van der Waals surface area contributed by atoms with E-state index in [-0.39, 0.29) is 12.5 Å². The van der Waals surface area contributed by atoms with Gasteiger partial charge in [0, 0.05) is 0 Å². The molecule has 7 heteroatoms. The van der Waals surface area contributed by atoms with Gasteiger partial charge < -0.3 is 10.1 Å². The first-order valence-corrected chi connectivity index (χ1v) is 11.1. The largest absolute Gasteiger partial charge is 0.491 e. The van der Waals surface area contributed by atoms with E-state index in [9.17, 15) is 13.2 Å². The number of carbonyl (C=O) groups excluding carboxylic acids is 1. The Hall–Kier alpha value is -2.54. The minimum atomic E-state index is -3.59. The Kier molecular flexibility index (Phi) is 7.45.